The molecule has 14 heavy (non-hydrogen) atoms. The third kappa shape index (κ3) is 1.78. The number of ether oxygens (including phenoxy) is 2. The van der Waals surface area contributed by atoms with Gasteiger partial charge in [-0.25, -0.2) is 4.79 Å². The fraction of sp³-hybridized carbons (Fsp3) is 0.909. The quantitative estimate of drug-likeness (QED) is 0.503. The molecule has 1 spiro atoms. The van der Waals surface area contributed by atoms with E-state index in [1.54, 1.807) is 0 Å². The maximum Gasteiger partial charge on any atom is 0.338 e. The molecule has 1 saturated carbocycles. The van der Waals surface area contributed by atoms with Gasteiger partial charge in [0.25, 0.3) is 0 Å². The first-order chi connectivity index (χ1) is 6.78. The fourth-order valence-corrected chi connectivity index (χ4v) is 2.39. The number of epoxide rings is 1. The van der Waals surface area contributed by atoms with Crippen molar-refractivity contribution < 1.29 is 14.3 Å². The molecule has 80 valence electrons. The number of hydrogen-bond acceptors (Lipinski definition) is 3. The standard InChI is InChI=1S/C11H18O3/c1-2-13-10(12)9-11(14-9)7-5-3-4-6-8-11/h9H,2-8H2,1H3/t9-/m0/s1. The van der Waals surface area contributed by atoms with Gasteiger partial charge < -0.3 is 9.47 Å². The summed E-state index contributed by atoms with van der Waals surface area (Å²) in [5.74, 6) is -0.158. The minimum atomic E-state index is -0.249. The van der Waals surface area contributed by atoms with Crippen LogP contribution in [0.3, 0.4) is 0 Å². The number of carbonyl (C=O) groups excluding carboxylic acids is 1. The molecule has 0 aromatic carbocycles. The van der Waals surface area contributed by atoms with Crippen molar-refractivity contribution in [1.29, 1.82) is 0 Å². The molecule has 0 bridgehead atoms. The summed E-state index contributed by atoms with van der Waals surface area (Å²) in [6.45, 7) is 2.29. The molecule has 0 aromatic rings. The van der Waals surface area contributed by atoms with E-state index in [0.717, 1.165) is 12.8 Å². The highest BCUT2D eigenvalue weighted by Crippen LogP contribution is 2.47. The molecule has 2 fully saturated rings. The molecule has 3 nitrogen and oxygen atoms in total. The van der Waals surface area contributed by atoms with Crippen LogP contribution < -0.4 is 0 Å². The van der Waals surface area contributed by atoms with Crippen molar-refractivity contribution in [1.82, 2.24) is 0 Å². The molecule has 1 saturated heterocycles. The van der Waals surface area contributed by atoms with Gasteiger partial charge in [-0.3, -0.25) is 0 Å². The molecule has 0 aromatic heterocycles. The van der Waals surface area contributed by atoms with Crippen molar-refractivity contribution in [3.05, 3.63) is 0 Å². The zero-order chi connectivity index (χ0) is 10.0. The lowest BCUT2D eigenvalue weighted by atomic mass is 9.96. The summed E-state index contributed by atoms with van der Waals surface area (Å²) in [4.78, 5) is 11.4. The van der Waals surface area contributed by atoms with Crippen LogP contribution in [0.4, 0.5) is 0 Å². The van der Waals surface area contributed by atoms with Crippen LogP contribution in [0.2, 0.25) is 0 Å². The lowest BCUT2D eigenvalue weighted by molar-refractivity contribution is -0.144. The van der Waals surface area contributed by atoms with Crippen LogP contribution >= 0.6 is 0 Å². The molecule has 0 unspecified atom stereocenters. The van der Waals surface area contributed by atoms with Crippen molar-refractivity contribution in [3.63, 3.8) is 0 Å². The monoisotopic (exact) mass is 198 g/mol. The molecule has 0 N–H and O–H groups in total. The Bertz CT molecular complexity index is 217. The maximum absolute atomic E-state index is 11.4. The van der Waals surface area contributed by atoms with Crippen LogP contribution in [-0.4, -0.2) is 24.3 Å². The van der Waals surface area contributed by atoms with Crippen LogP contribution in [-0.2, 0) is 14.3 Å². The van der Waals surface area contributed by atoms with Crippen LogP contribution in [0.5, 0.6) is 0 Å². The van der Waals surface area contributed by atoms with Crippen LogP contribution in [0.1, 0.15) is 45.4 Å². The third-order valence-electron chi connectivity index (χ3n) is 3.22. The van der Waals surface area contributed by atoms with Crippen molar-refractivity contribution in [2.45, 2.75) is 57.2 Å². The van der Waals surface area contributed by atoms with E-state index in [2.05, 4.69) is 0 Å². The summed E-state index contributed by atoms with van der Waals surface area (Å²) in [6.07, 6.45) is 6.76. The maximum atomic E-state index is 11.4. The molecule has 1 aliphatic carbocycles. The Morgan fingerprint density at radius 3 is 2.57 bits per heavy atom. The van der Waals surface area contributed by atoms with Gasteiger partial charge in [-0.2, -0.15) is 0 Å². The highest BCUT2D eigenvalue weighted by molar-refractivity contribution is 5.79. The van der Waals surface area contributed by atoms with Crippen molar-refractivity contribution in [3.8, 4) is 0 Å². The summed E-state index contributed by atoms with van der Waals surface area (Å²) >= 11 is 0. The predicted octanol–water partition coefficient (Wildman–Crippen LogP) is 2.04. The van der Waals surface area contributed by atoms with Gasteiger partial charge in [-0.1, -0.05) is 25.7 Å². The SMILES string of the molecule is CCOC(=O)[C@@H]1OC12CCCCCC2. The highest BCUT2D eigenvalue weighted by atomic mass is 16.7. The van der Waals surface area contributed by atoms with Gasteiger partial charge in [0.2, 0.25) is 0 Å². The summed E-state index contributed by atoms with van der Waals surface area (Å²) < 4.78 is 10.5. The van der Waals surface area contributed by atoms with Gasteiger partial charge in [0.05, 0.1) is 6.61 Å². The van der Waals surface area contributed by atoms with E-state index in [1.165, 1.54) is 25.7 Å². The van der Waals surface area contributed by atoms with Crippen molar-refractivity contribution in [2.75, 3.05) is 6.61 Å². The van der Waals surface area contributed by atoms with Gasteiger partial charge in [0, 0.05) is 0 Å². The van der Waals surface area contributed by atoms with E-state index in [4.69, 9.17) is 9.47 Å². The molecule has 1 atom stereocenters. The van der Waals surface area contributed by atoms with Crippen molar-refractivity contribution >= 4 is 5.97 Å². The van der Waals surface area contributed by atoms with E-state index >= 15 is 0 Å². The second-order valence-corrected chi connectivity index (χ2v) is 4.23. The first kappa shape index (κ1) is 9.97. The zero-order valence-electron chi connectivity index (χ0n) is 8.75. The first-order valence-electron chi connectivity index (χ1n) is 5.63. The lowest BCUT2D eigenvalue weighted by Gasteiger charge is -2.07. The summed E-state index contributed by atoms with van der Waals surface area (Å²) in [7, 11) is 0. The number of rotatable bonds is 2. The van der Waals surface area contributed by atoms with Crippen LogP contribution in [0.15, 0.2) is 0 Å². The third-order valence-corrected chi connectivity index (χ3v) is 3.22. The topological polar surface area (TPSA) is 38.8 Å². The number of esters is 1. The normalized spacial score (nSPS) is 29.6. The Hall–Kier alpha value is -0.570. The minimum absolute atomic E-state index is 0.122. The van der Waals surface area contributed by atoms with Gasteiger partial charge in [-0.15, -0.1) is 0 Å². The largest absolute Gasteiger partial charge is 0.464 e. The van der Waals surface area contributed by atoms with Crippen molar-refractivity contribution in [2.24, 2.45) is 0 Å². The second kappa shape index (κ2) is 3.89. The molecular weight excluding hydrogens is 180 g/mol. The van der Waals surface area contributed by atoms with E-state index < -0.39 is 0 Å². The Morgan fingerprint density at radius 1 is 1.36 bits per heavy atom. The Labute approximate surface area is 84.8 Å². The van der Waals surface area contributed by atoms with E-state index in [1.807, 2.05) is 6.92 Å². The fourth-order valence-electron chi connectivity index (χ4n) is 2.39. The first-order valence-corrected chi connectivity index (χ1v) is 5.63. The van der Waals surface area contributed by atoms with Crippen LogP contribution in [0.25, 0.3) is 0 Å². The van der Waals surface area contributed by atoms with Gasteiger partial charge in [-0.05, 0) is 19.8 Å². The molecule has 3 heteroatoms. The molecule has 2 aliphatic rings. The molecule has 1 aliphatic heterocycles. The van der Waals surface area contributed by atoms with Crippen LogP contribution in [0, 0.1) is 0 Å². The average molecular weight is 198 g/mol. The summed E-state index contributed by atoms with van der Waals surface area (Å²) in [5.41, 5.74) is -0.122. The Balaban J connectivity index is 1.90. The molecule has 1 heterocycles. The van der Waals surface area contributed by atoms with Gasteiger partial charge in [0.15, 0.2) is 6.10 Å². The molecule has 0 amide bonds. The summed E-state index contributed by atoms with van der Waals surface area (Å²) in [5, 5.41) is 0. The number of hydrogen-bond donors (Lipinski definition) is 0. The zero-order valence-corrected chi connectivity index (χ0v) is 8.75. The Kier molecular flexibility index (Phi) is 2.77. The van der Waals surface area contributed by atoms with Gasteiger partial charge >= 0.3 is 5.97 Å². The lowest BCUT2D eigenvalue weighted by Crippen LogP contribution is -2.22. The Morgan fingerprint density at radius 2 is 2.00 bits per heavy atom. The van der Waals surface area contributed by atoms with E-state index in [0.29, 0.717) is 6.61 Å². The van der Waals surface area contributed by atoms with E-state index in [9.17, 15) is 4.79 Å². The van der Waals surface area contributed by atoms with E-state index in [-0.39, 0.29) is 17.7 Å². The molecule has 2 rings (SSSR count). The second-order valence-electron chi connectivity index (χ2n) is 4.23. The average Bonchev–Trinajstić information content (AvgIpc) is 2.92. The predicted molar refractivity (Wildman–Crippen MR) is 51.9 cm³/mol. The summed E-state index contributed by atoms with van der Waals surface area (Å²) in [6, 6.07) is 0. The number of carbonyl (C=O) groups is 1. The smallest absolute Gasteiger partial charge is 0.338 e. The molecular formula is C11H18O3. The highest BCUT2D eigenvalue weighted by Gasteiger charge is 2.60. The molecule has 0 radical (unpaired) electrons. The minimum Gasteiger partial charge on any atom is -0.464 e. The van der Waals surface area contributed by atoms with Gasteiger partial charge in [0.1, 0.15) is 5.60 Å².